The number of carbonyl (C=O) groups excluding carboxylic acids is 1. The van der Waals surface area contributed by atoms with Gasteiger partial charge in [0.2, 0.25) is 10.0 Å². The number of thiophene rings is 1. The molecule has 1 aliphatic rings. The van der Waals surface area contributed by atoms with Crippen molar-refractivity contribution in [1.29, 1.82) is 0 Å². The highest BCUT2D eigenvalue weighted by molar-refractivity contribution is 8.00. The summed E-state index contributed by atoms with van der Waals surface area (Å²) in [4.78, 5) is 22.9. The summed E-state index contributed by atoms with van der Waals surface area (Å²) in [6, 6.07) is 16.4. The molecule has 0 bridgehead atoms. The van der Waals surface area contributed by atoms with Crippen LogP contribution in [0.4, 0.5) is 0 Å². The van der Waals surface area contributed by atoms with Crippen LogP contribution in [0, 0.1) is 0 Å². The van der Waals surface area contributed by atoms with Gasteiger partial charge in [-0.25, -0.2) is 18.4 Å². The first kappa shape index (κ1) is 23.2. The highest BCUT2D eigenvalue weighted by atomic mass is 32.2. The zero-order valence-electron chi connectivity index (χ0n) is 18.4. The Morgan fingerprint density at radius 1 is 0.971 bits per heavy atom. The molecule has 0 radical (unpaired) electrons. The van der Waals surface area contributed by atoms with E-state index in [2.05, 4.69) is 15.3 Å². The zero-order valence-corrected chi connectivity index (χ0v) is 20.8. The van der Waals surface area contributed by atoms with E-state index in [4.69, 9.17) is 0 Å². The van der Waals surface area contributed by atoms with Crippen LogP contribution in [-0.2, 0) is 10.0 Å². The maximum Gasteiger partial charge on any atom is 0.243 e. The van der Waals surface area contributed by atoms with Crippen molar-refractivity contribution >= 4 is 49.1 Å². The minimum atomic E-state index is -3.51. The van der Waals surface area contributed by atoms with Crippen LogP contribution in [0.5, 0.6) is 0 Å². The average Bonchev–Trinajstić information content (AvgIpc) is 3.33. The number of piperidine rings is 1. The summed E-state index contributed by atoms with van der Waals surface area (Å²) in [6.45, 7) is 1.11. The molecule has 3 heterocycles. The largest absolute Gasteiger partial charge is 0.293 e. The molecule has 0 atom stereocenters. The highest BCUT2D eigenvalue weighted by Gasteiger charge is 2.26. The summed E-state index contributed by atoms with van der Waals surface area (Å²) in [5, 5.41) is 3.80. The normalized spacial score (nSPS) is 14.9. The topological polar surface area (TPSA) is 80.2 Å². The Morgan fingerprint density at radius 3 is 2.44 bits per heavy atom. The molecule has 0 saturated carbocycles. The van der Waals surface area contributed by atoms with Gasteiger partial charge in [-0.05, 0) is 30.5 Å². The van der Waals surface area contributed by atoms with Gasteiger partial charge < -0.3 is 0 Å². The number of thioether (sulfide) groups is 1. The van der Waals surface area contributed by atoms with Crippen molar-refractivity contribution in [3.05, 3.63) is 71.9 Å². The van der Waals surface area contributed by atoms with Crippen molar-refractivity contribution in [2.75, 3.05) is 18.8 Å². The van der Waals surface area contributed by atoms with Crippen LogP contribution in [0.1, 0.15) is 29.6 Å². The summed E-state index contributed by atoms with van der Waals surface area (Å²) in [5.74, 6) is 0.129. The number of benzene rings is 2. The Bertz CT molecular complexity index is 1410. The SMILES string of the molecule is O=C(CSc1ncnc2scc(-c3ccccc3)c12)c1ccc(S(=O)(=O)N2CCCCC2)cc1. The molecule has 1 saturated heterocycles. The monoisotopic (exact) mass is 509 g/mol. The first-order valence-electron chi connectivity index (χ1n) is 11.1. The second-order valence-corrected chi connectivity index (χ2v) is 11.8. The number of nitrogens with zero attached hydrogens (tertiary/aromatic N) is 3. The molecule has 6 nitrogen and oxygen atoms in total. The summed E-state index contributed by atoms with van der Waals surface area (Å²) >= 11 is 2.94. The van der Waals surface area contributed by atoms with Crippen molar-refractivity contribution in [2.45, 2.75) is 29.2 Å². The molecule has 1 aliphatic heterocycles. The van der Waals surface area contributed by atoms with Crippen LogP contribution in [-0.4, -0.2) is 47.3 Å². The number of hydrogen-bond acceptors (Lipinski definition) is 7. The van der Waals surface area contributed by atoms with Gasteiger partial charge in [-0.1, -0.05) is 60.6 Å². The van der Waals surface area contributed by atoms with Crippen LogP contribution in [0.3, 0.4) is 0 Å². The van der Waals surface area contributed by atoms with Gasteiger partial charge in [0.1, 0.15) is 16.2 Å². The summed E-state index contributed by atoms with van der Waals surface area (Å²) in [6.07, 6.45) is 4.37. The van der Waals surface area contributed by atoms with Gasteiger partial charge in [-0.3, -0.25) is 4.79 Å². The first-order valence-corrected chi connectivity index (χ1v) is 14.4. The van der Waals surface area contributed by atoms with Gasteiger partial charge in [0.25, 0.3) is 0 Å². The van der Waals surface area contributed by atoms with Crippen LogP contribution in [0.2, 0.25) is 0 Å². The van der Waals surface area contributed by atoms with E-state index in [9.17, 15) is 13.2 Å². The van der Waals surface area contributed by atoms with Gasteiger partial charge in [0.15, 0.2) is 5.78 Å². The first-order chi connectivity index (χ1) is 16.5. The predicted octanol–water partition coefficient (Wildman–Crippen LogP) is 5.51. The number of fused-ring (bicyclic) bond motifs is 1. The number of carbonyl (C=O) groups is 1. The lowest BCUT2D eigenvalue weighted by molar-refractivity contribution is 0.102. The van der Waals surface area contributed by atoms with E-state index < -0.39 is 10.0 Å². The maximum absolute atomic E-state index is 12.9. The number of sulfonamides is 1. The average molecular weight is 510 g/mol. The third-order valence-electron chi connectivity index (χ3n) is 5.89. The van der Waals surface area contributed by atoms with Gasteiger partial charge in [0.05, 0.1) is 16.0 Å². The van der Waals surface area contributed by atoms with E-state index in [0.717, 1.165) is 45.6 Å². The molecule has 0 unspecified atom stereocenters. The molecule has 2 aromatic carbocycles. The fraction of sp³-hybridized carbons (Fsp3) is 0.240. The van der Waals surface area contributed by atoms with Gasteiger partial charge in [-0.2, -0.15) is 4.31 Å². The van der Waals surface area contributed by atoms with Crippen molar-refractivity contribution in [3.63, 3.8) is 0 Å². The molecule has 0 aliphatic carbocycles. The van der Waals surface area contributed by atoms with E-state index in [-0.39, 0.29) is 16.4 Å². The maximum atomic E-state index is 12.9. The molecule has 4 aromatic rings. The molecule has 0 N–H and O–H groups in total. The molecule has 2 aromatic heterocycles. The third kappa shape index (κ3) is 4.65. The van der Waals surface area contributed by atoms with Crippen molar-refractivity contribution < 1.29 is 13.2 Å². The lowest BCUT2D eigenvalue weighted by Crippen LogP contribution is -2.35. The fourth-order valence-electron chi connectivity index (χ4n) is 4.07. The van der Waals surface area contributed by atoms with E-state index in [1.807, 2.05) is 30.3 Å². The van der Waals surface area contributed by atoms with Crippen LogP contribution >= 0.6 is 23.1 Å². The minimum Gasteiger partial charge on any atom is -0.293 e. The van der Waals surface area contributed by atoms with Gasteiger partial charge in [0, 0.05) is 29.6 Å². The van der Waals surface area contributed by atoms with Crippen molar-refractivity contribution in [2.24, 2.45) is 0 Å². The highest BCUT2D eigenvalue weighted by Crippen LogP contribution is 2.37. The van der Waals surface area contributed by atoms with Crippen LogP contribution in [0.25, 0.3) is 21.3 Å². The second-order valence-electron chi connectivity index (χ2n) is 8.08. The number of Topliss-reactive ketones (excluding diaryl/α,β-unsaturated/α-hetero) is 1. The molecule has 174 valence electrons. The van der Waals surface area contributed by atoms with E-state index in [1.165, 1.54) is 34.5 Å². The van der Waals surface area contributed by atoms with Crippen LogP contribution in [0.15, 0.2) is 76.2 Å². The Hall–Kier alpha value is -2.59. The lowest BCUT2D eigenvalue weighted by atomic mass is 10.1. The predicted molar refractivity (Wildman–Crippen MR) is 137 cm³/mol. The quantitative estimate of drug-likeness (QED) is 0.186. The van der Waals surface area contributed by atoms with E-state index in [0.29, 0.717) is 18.7 Å². The third-order valence-corrected chi connectivity index (χ3v) is 9.68. The van der Waals surface area contributed by atoms with Crippen LogP contribution < -0.4 is 0 Å². The van der Waals surface area contributed by atoms with Crippen molar-refractivity contribution in [3.8, 4) is 11.1 Å². The summed E-state index contributed by atoms with van der Waals surface area (Å²) < 4.78 is 27.2. The Labute approximate surface area is 207 Å². The molecule has 0 spiro atoms. The molecule has 34 heavy (non-hydrogen) atoms. The molecular weight excluding hydrogens is 486 g/mol. The number of aromatic nitrogens is 2. The number of ketones is 1. The molecule has 9 heteroatoms. The molecule has 1 fully saturated rings. The van der Waals surface area contributed by atoms with E-state index in [1.54, 1.807) is 23.5 Å². The molecule has 0 amide bonds. The number of hydrogen-bond donors (Lipinski definition) is 0. The van der Waals surface area contributed by atoms with Gasteiger partial charge in [-0.15, -0.1) is 11.3 Å². The number of rotatable bonds is 7. The molecular formula is C25H23N3O3S3. The standard InChI is InChI=1S/C25H23N3O3S3/c29-22(19-9-11-20(12-10-19)34(30,31)28-13-5-2-6-14-28)16-33-25-23-21(18-7-3-1-4-8-18)15-32-24(23)26-17-27-25/h1,3-4,7-12,15,17H,2,5-6,13-14,16H2. The minimum absolute atomic E-state index is 0.0739. The smallest absolute Gasteiger partial charge is 0.243 e. The zero-order chi connectivity index (χ0) is 23.5. The second kappa shape index (κ2) is 9.95. The fourth-order valence-corrected chi connectivity index (χ4v) is 7.48. The molecule has 5 rings (SSSR count). The lowest BCUT2D eigenvalue weighted by Gasteiger charge is -2.25. The Balaban J connectivity index is 1.33. The summed E-state index contributed by atoms with van der Waals surface area (Å²) in [7, 11) is -3.51. The Kier molecular flexibility index (Phi) is 6.78. The summed E-state index contributed by atoms with van der Waals surface area (Å²) in [5.41, 5.74) is 2.63. The van der Waals surface area contributed by atoms with Gasteiger partial charge >= 0.3 is 0 Å². The Morgan fingerprint density at radius 2 is 1.71 bits per heavy atom. The van der Waals surface area contributed by atoms with Crippen molar-refractivity contribution in [1.82, 2.24) is 14.3 Å². The van der Waals surface area contributed by atoms with E-state index >= 15 is 0 Å².